The van der Waals surface area contributed by atoms with E-state index >= 15 is 0 Å². The molecule has 1 atom stereocenters. The van der Waals surface area contributed by atoms with E-state index in [2.05, 4.69) is 9.38 Å². The molecule has 1 aromatic heterocycles. The summed E-state index contributed by atoms with van der Waals surface area (Å²) >= 11 is 11.4. The number of hydrogen-bond acceptors (Lipinski definition) is 4. The van der Waals surface area contributed by atoms with Crippen LogP contribution < -0.4 is 0 Å². The third-order valence-corrected chi connectivity index (χ3v) is 5.80. The molecule has 0 spiro atoms. The Labute approximate surface area is 179 Å². The highest BCUT2D eigenvalue weighted by molar-refractivity contribution is 7.85. The van der Waals surface area contributed by atoms with Gasteiger partial charge in [0, 0.05) is 23.5 Å². The highest BCUT2D eigenvalue weighted by atomic mass is 35.5. The number of hydrogen-bond donors (Lipinski definition) is 0. The van der Waals surface area contributed by atoms with Crippen molar-refractivity contribution in [1.29, 1.82) is 0 Å². The van der Waals surface area contributed by atoms with E-state index in [1.165, 1.54) is 13.3 Å². The lowest BCUT2D eigenvalue weighted by Crippen LogP contribution is -2.20. The van der Waals surface area contributed by atoms with Gasteiger partial charge < -0.3 is 4.74 Å². The van der Waals surface area contributed by atoms with Gasteiger partial charge in [0.15, 0.2) is 5.05 Å². The van der Waals surface area contributed by atoms with Crippen molar-refractivity contribution in [3.05, 3.63) is 52.2 Å². The first-order valence-electron chi connectivity index (χ1n) is 8.27. The van der Waals surface area contributed by atoms with Crippen LogP contribution in [0, 0.1) is 0 Å². The number of ether oxygens (including phenoxy) is 1. The molecular formula is C19H18ClF3N2O2S2. The molecule has 0 aliphatic rings. The summed E-state index contributed by atoms with van der Waals surface area (Å²) in [6.45, 7) is 4.99. The summed E-state index contributed by atoms with van der Waals surface area (Å²) in [5, 5.41) is 0.0579. The van der Waals surface area contributed by atoms with Crippen LogP contribution in [0.3, 0.4) is 0 Å². The van der Waals surface area contributed by atoms with Crippen LogP contribution in [0.15, 0.2) is 34.9 Å². The first-order chi connectivity index (χ1) is 13.4. The van der Waals surface area contributed by atoms with Crippen LogP contribution in [0.5, 0.6) is 0 Å². The van der Waals surface area contributed by atoms with Crippen LogP contribution in [0.2, 0.25) is 5.02 Å². The summed E-state index contributed by atoms with van der Waals surface area (Å²) in [7, 11) is -0.423. The molecule has 0 amide bonds. The molecule has 0 saturated carbocycles. The van der Waals surface area contributed by atoms with Gasteiger partial charge in [0.05, 0.1) is 33.7 Å². The zero-order valence-corrected chi connectivity index (χ0v) is 18.4. The number of rotatable bonds is 4. The number of methoxy groups -OCH3 is 1. The van der Waals surface area contributed by atoms with Crippen molar-refractivity contribution in [3.63, 3.8) is 0 Å². The molecule has 0 saturated heterocycles. The van der Waals surface area contributed by atoms with Gasteiger partial charge in [-0.15, -0.1) is 0 Å². The predicted octanol–water partition coefficient (Wildman–Crippen LogP) is 5.62. The summed E-state index contributed by atoms with van der Waals surface area (Å²) in [6.07, 6.45) is -2.36. The standard InChI is InChI=1S/C19H18ClF3N2O2S2/c1-18(2,3)29(26)25-10-12-13(19(21,22)23)7-8-14(20)15(12)16-11(17(28)27-4)6-5-9-24-16/h5-10H,1-4H3/b25-10+. The lowest BCUT2D eigenvalue weighted by Gasteiger charge is -2.18. The van der Waals surface area contributed by atoms with Crippen molar-refractivity contribution < 1.29 is 22.1 Å². The molecule has 1 unspecified atom stereocenters. The summed E-state index contributed by atoms with van der Waals surface area (Å²) in [4.78, 5) is 4.18. The van der Waals surface area contributed by atoms with Crippen molar-refractivity contribution in [1.82, 2.24) is 4.98 Å². The summed E-state index contributed by atoms with van der Waals surface area (Å²) in [5.41, 5.74) is -0.935. The van der Waals surface area contributed by atoms with Crippen LogP contribution in [-0.2, 0) is 21.9 Å². The second-order valence-electron chi connectivity index (χ2n) is 6.87. The minimum Gasteiger partial charge on any atom is -0.486 e. The molecule has 1 heterocycles. The van der Waals surface area contributed by atoms with E-state index in [-0.39, 0.29) is 26.9 Å². The Morgan fingerprint density at radius 3 is 2.48 bits per heavy atom. The first-order valence-corrected chi connectivity index (χ1v) is 10.2. The van der Waals surface area contributed by atoms with E-state index in [0.717, 1.165) is 18.3 Å². The zero-order chi connectivity index (χ0) is 22.0. The monoisotopic (exact) mass is 462 g/mol. The Bertz CT molecular complexity index is 986. The third kappa shape index (κ3) is 5.40. The van der Waals surface area contributed by atoms with Gasteiger partial charge in [-0.3, -0.25) is 4.98 Å². The van der Waals surface area contributed by atoms with E-state index in [1.54, 1.807) is 32.9 Å². The molecule has 1 aromatic carbocycles. The average molecular weight is 463 g/mol. The van der Waals surface area contributed by atoms with Crippen LogP contribution in [0.25, 0.3) is 11.3 Å². The van der Waals surface area contributed by atoms with Gasteiger partial charge in [0.25, 0.3) is 0 Å². The summed E-state index contributed by atoms with van der Waals surface area (Å²) < 4.78 is 61.6. The zero-order valence-electron chi connectivity index (χ0n) is 16.0. The van der Waals surface area contributed by atoms with Gasteiger partial charge in [-0.1, -0.05) is 11.6 Å². The number of benzene rings is 1. The first kappa shape index (κ1) is 23.4. The molecule has 0 radical (unpaired) electrons. The van der Waals surface area contributed by atoms with E-state index < -0.39 is 27.5 Å². The Kier molecular flexibility index (Phi) is 7.19. The number of pyridine rings is 1. The third-order valence-electron chi connectivity index (χ3n) is 3.75. The topological polar surface area (TPSA) is 51.6 Å². The molecule has 0 N–H and O–H groups in total. The molecule has 0 bridgehead atoms. The lowest BCUT2D eigenvalue weighted by molar-refractivity contribution is -0.137. The molecule has 0 aliphatic carbocycles. The Balaban J connectivity index is 2.85. The fraction of sp³-hybridized carbons (Fsp3) is 0.316. The maximum atomic E-state index is 13.7. The molecule has 0 aliphatic heterocycles. The predicted molar refractivity (Wildman–Crippen MR) is 114 cm³/mol. The SMILES string of the molecule is COC(=S)c1cccnc1-c1c(Cl)ccc(C(F)(F)F)c1/C=N/S(=O)C(C)(C)C. The van der Waals surface area contributed by atoms with E-state index in [4.69, 9.17) is 28.6 Å². The Morgan fingerprint density at radius 1 is 1.28 bits per heavy atom. The van der Waals surface area contributed by atoms with Gasteiger partial charge >= 0.3 is 6.18 Å². The number of thiocarbonyl (C=S) groups is 1. The van der Waals surface area contributed by atoms with Crippen molar-refractivity contribution in [2.75, 3.05) is 7.11 Å². The smallest absolute Gasteiger partial charge is 0.417 e. The van der Waals surface area contributed by atoms with Gasteiger partial charge in [-0.25, -0.2) is 4.21 Å². The van der Waals surface area contributed by atoms with Crippen molar-refractivity contribution in [2.45, 2.75) is 31.7 Å². The second-order valence-corrected chi connectivity index (χ2v) is 9.58. The molecule has 10 heteroatoms. The summed E-state index contributed by atoms with van der Waals surface area (Å²) in [5.74, 6) is 0. The molecule has 2 aromatic rings. The molecule has 29 heavy (non-hydrogen) atoms. The largest absolute Gasteiger partial charge is 0.486 e. The molecule has 0 fully saturated rings. The second kappa shape index (κ2) is 8.89. The van der Waals surface area contributed by atoms with Gasteiger partial charge in [0.2, 0.25) is 0 Å². The molecule has 4 nitrogen and oxygen atoms in total. The minimum absolute atomic E-state index is 0.0137. The number of aromatic nitrogens is 1. The van der Waals surface area contributed by atoms with Crippen molar-refractivity contribution in [2.24, 2.45) is 4.40 Å². The van der Waals surface area contributed by atoms with Gasteiger partial charge in [-0.05, 0) is 57.3 Å². The van der Waals surface area contributed by atoms with Crippen LogP contribution in [-0.4, -0.2) is 32.3 Å². The van der Waals surface area contributed by atoms with Crippen LogP contribution >= 0.6 is 23.8 Å². The highest BCUT2D eigenvalue weighted by Gasteiger charge is 2.35. The Morgan fingerprint density at radius 2 is 1.93 bits per heavy atom. The minimum atomic E-state index is -4.69. The van der Waals surface area contributed by atoms with E-state index in [9.17, 15) is 17.4 Å². The van der Waals surface area contributed by atoms with E-state index in [0.29, 0.717) is 5.56 Å². The maximum Gasteiger partial charge on any atom is 0.417 e. The van der Waals surface area contributed by atoms with Crippen LogP contribution in [0.4, 0.5) is 13.2 Å². The van der Waals surface area contributed by atoms with Crippen molar-refractivity contribution >= 4 is 46.1 Å². The van der Waals surface area contributed by atoms with E-state index in [1.807, 2.05) is 0 Å². The number of nitrogens with zero attached hydrogens (tertiary/aromatic N) is 2. The maximum absolute atomic E-state index is 13.7. The van der Waals surface area contributed by atoms with Gasteiger partial charge in [0.1, 0.15) is 11.0 Å². The fourth-order valence-electron chi connectivity index (χ4n) is 2.35. The average Bonchev–Trinajstić information content (AvgIpc) is 2.63. The molecular weight excluding hydrogens is 445 g/mol. The van der Waals surface area contributed by atoms with Crippen LogP contribution in [0.1, 0.15) is 37.5 Å². The number of alkyl halides is 3. The lowest BCUT2D eigenvalue weighted by atomic mass is 9.96. The van der Waals surface area contributed by atoms with Crippen molar-refractivity contribution in [3.8, 4) is 11.3 Å². The normalized spacial score (nSPS) is 13.5. The molecule has 156 valence electrons. The molecule has 2 rings (SSSR count). The quantitative estimate of drug-likeness (QED) is 0.437. The number of halogens is 4. The Hall–Kier alpha value is -1.84. The fourth-order valence-corrected chi connectivity index (χ4v) is 3.29. The highest BCUT2D eigenvalue weighted by Crippen LogP contribution is 2.40. The van der Waals surface area contributed by atoms with Gasteiger partial charge in [-0.2, -0.15) is 17.6 Å². The summed E-state index contributed by atoms with van der Waals surface area (Å²) in [6, 6.07) is 5.13.